The van der Waals surface area contributed by atoms with E-state index in [0.29, 0.717) is 15.7 Å². The van der Waals surface area contributed by atoms with Gasteiger partial charge in [-0.15, -0.1) is 0 Å². The molecule has 0 aliphatic carbocycles. The Balaban J connectivity index is 3.09. The van der Waals surface area contributed by atoms with E-state index in [4.69, 9.17) is 10.4 Å². The zero-order valence-electron chi connectivity index (χ0n) is 8.07. The molecule has 0 radical (unpaired) electrons. The van der Waals surface area contributed by atoms with Gasteiger partial charge in [-0.25, -0.2) is 0 Å². The van der Waals surface area contributed by atoms with Crippen molar-refractivity contribution in [2.45, 2.75) is 0 Å². The second-order valence-electron chi connectivity index (χ2n) is 3.00. The fraction of sp³-hybridized carbons (Fsp3) is 0.200. The first kappa shape index (κ1) is 11.5. The molecular formula is C10H9BrN2O2. The Morgan fingerprint density at radius 3 is 2.87 bits per heavy atom. The molecule has 0 heterocycles. The van der Waals surface area contributed by atoms with Crippen LogP contribution < -0.4 is 4.90 Å². The maximum Gasteiger partial charge on any atom is 0.323 e. The molecule has 0 aromatic heterocycles. The first-order chi connectivity index (χ1) is 7.06. The summed E-state index contributed by atoms with van der Waals surface area (Å²) in [5.74, 6) is -0.929. The number of aliphatic carboxylic acids is 1. The normalized spacial score (nSPS) is 9.40. The average molecular weight is 269 g/mol. The number of rotatable bonds is 3. The summed E-state index contributed by atoms with van der Waals surface area (Å²) >= 11 is 3.25. The first-order valence-electron chi connectivity index (χ1n) is 4.17. The summed E-state index contributed by atoms with van der Waals surface area (Å²) in [6, 6.07) is 7.26. The highest BCUT2D eigenvalue weighted by atomic mass is 79.9. The number of carbonyl (C=O) groups is 1. The predicted octanol–water partition coefficient (Wildman–Crippen LogP) is 1.84. The minimum Gasteiger partial charge on any atom is -0.480 e. The van der Waals surface area contributed by atoms with Crippen LogP contribution in [-0.4, -0.2) is 24.7 Å². The standard InChI is InChI=1S/C10H9BrN2O2/c1-13(6-10(14)15)9-4-2-3-8(11)7(9)5-12/h2-4H,6H2,1H3,(H,14,15). The van der Waals surface area contributed by atoms with Gasteiger partial charge in [-0.2, -0.15) is 5.26 Å². The molecule has 15 heavy (non-hydrogen) atoms. The molecule has 0 aliphatic rings. The number of nitrogens with zero attached hydrogens (tertiary/aromatic N) is 2. The highest BCUT2D eigenvalue weighted by molar-refractivity contribution is 9.10. The minimum absolute atomic E-state index is 0.134. The highest BCUT2D eigenvalue weighted by Gasteiger charge is 2.12. The summed E-state index contributed by atoms with van der Waals surface area (Å²) in [5.41, 5.74) is 1.05. The summed E-state index contributed by atoms with van der Waals surface area (Å²) in [6.45, 7) is -0.134. The molecule has 0 atom stereocenters. The third-order valence-electron chi connectivity index (χ3n) is 1.89. The summed E-state index contributed by atoms with van der Waals surface area (Å²) in [7, 11) is 1.64. The summed E-state index contributed by atoms with van der Waals surface area (Å²) in [5, 5.41) is 17.6. The van der Waals surface area contributed by atoms with E-state index in [9.17, 15) is 4.79 Å². The number of nitriles is 1. The highest BCUT2D eigenvalue weighted by Crippen LogP contribution is 2.25. The fourth-order valence-corrected chi connectivity index (χ4v) is 1.67. The van der Waals surface area contributed by atoms with Gasteiger partial charge in [-0.1, -0.05) is 6.07 Å². The molecule has 1 rings (SSSR count). The Bertz CT molecular complexity index is 426. The fourth-order valence-electron chi connectivity index (χ4n) is 1.23. The van der Waals surface area contributed by atoms with Crippen LogP contribution in [0.25, 0.3) is 0 Å². The van der Waals surface area contributed by atoms with Crippen LogP contribution in [0.3, 0.4) is 0 Å². The summed E-state index contributed by atoms with van der Waals surface area (Å²) < 4.78 is 0.666. The van der Waals surface area contributed by atoms with Crippen molar-refractivity contribution in [3.05, 3.63) is 28.2 Å². The van der Waals surface area contributed by atoms with Crippen molar-refractivity contribution >= 4 is 27.6 Å². The smallest absolute Gasteiger partial charge is 0.323 e. The number of halogens is 1. The van der Waals surface area contributed by atoms with Crippen LogP contribution in [0, 0.1) is 11.3 Å². The predicted molar refractivity (Wildman–Crippen MR) is 59.8 cm³/mol. The Kier molecular flexibility index (Phi) is 3.69. The number of benzene rings is 1. The van der Waals surface area contributed by atoms with Crippen molar-refractivity contribution < 1.29 is 9.90 Å². The molecule has 1 aromatic rings. The van der Waals surface area contributed by atoms with Crippen LogP contribution in [0.5, 0.6) is 0 Å². The third-order valence-corrected chi connectivity index (χ3v) is 2.55. The lowest BCUT2D eigenvalue weighted by Crippen LogP contribution is -2.25. The molecule has 0 fully saturated rings. The van der Waals surface area contributed by atoms with E-state index in [1.54, 1.807) is 25.2 Å². The lowest BCUT2D eigenvalue weighted by atomic mass is 10.2. The first-order valence-corrected chi connectivity index (χ1v) is 4.97. The van der Waals surface area contributed by atoms with E-state index in [-0.39, 0.29) is 6.54 Å². The van der Waals surface area contributed by atoms with E-state index in [1.807, 2.05) is 6.07 Å². The molecule has 0 aliphatic heterocycles. The SMILES string of the molecule is CN(CC(=O)O)c1cccc(Br)c1C#N. The number of hydrogen-bond acceptors (Lipinski definition) is 3. The Morgan fingerprint density at radius 1 is 1.67 bits per heavy atom. The molecule has 5 heteroatoms. The molecule has 0 saturated carbocycles. The van der Waals surface area contributed by atoms with Crippen molar-refractivity contribution in [1.82, 2.24) is 0 Å². The van der Waals surface area contributed by atoms with Gasteiger partial charge in [-0.05, 0) is 28.1 Å². The molecule has 1 aromatic carbocycles. The Labute approximate surface area is 95.9 Å². The lowest BCUT2D eigenvalue weighted by molar-refractivity contribution is -0.135. The van der Waals surface area contributed by atoms with Crippen molar-refractivity contribution in [1.29, 1.82) is 5.26 Å². The van der Waals surface area contributed by atoms with E-state index < -0.39 is 5.97 Å². The van der Waals surface area contributed by atoms with E-state index in [1.165, 1.54) is 4.90 Å². The van der Waals surface area contributed by atoms with E-state index in [2.05, 4.69) is 15.9 Å². The average Bonchev–Trinajstić information content (AvgIpc) is 2.16. The lowest BCUT2D eigenvalue weighted by Gasteiger charge is -2.18. The quantitative estimate of drug-likeness (QED) is 0.909. The van der Waals surface area contributed by atoms with Crippen LogP contribution in [0.2, 0.25) is 0 Å². The minimum atomic E-state index is -0.929. The molecule has 4 nitrogen and oxygen atoms in total. The van der Waals surface area contributed by atoms with Gasteiger partial charge in [0, 0.05) is 11.5 Å². The van der Waals surface area contributed by atoms with Gasteiger partial charge in [-0.3, -0.25) is 4.79 Å². The van der Waals surface area contributed by atoms with Gasteiger partial charge in [0.25, 0.3) is 0 Å². The largest absolute Gasteiger partial charge is 0.480 e. The van der Waals surface area contributed by atoms with Crippen LogP contribution in [0.15, 0.2) is 22.7 Å². The van der Waals surface area contributed by atoms with Gasteiger partial charge in [0.2, 0.25) is 0 Å². The maximum absolute atomic E-state index is 10.5. The van der Waals surface area contributed by atoms with Gasteiger partial charge in [0.05, 0.1) is 11.3 Å². The monoisotopic (exact) mass is 268 g/mol. The second-order valence-corrected chi connectivity index (χ2v) is 3.85. The molecule has 0 unspecified atom stereocenters. The molecule has 1 N–H and O–H groups in total. The van der Waals surface area contributed by atoms with Gasteiger partial charge in [0.1, 0.15) is 12.6 Å². The topological polar surface area (TPSA) is 64.3 Å². The number of hydrogen-bond donors (Lipinski definition) is 1. The molecule has 0 saturated heterocycles. The molecule has 0 spiro atoms. The summed E-state index contributed by atoms with van der Waals surface area (Å²) in [4.78, 5) is 12.1. The summed E-state index contributed by atoms with van der Waals surface area (Å²) in [6.07, 6.45) is 0. The van der Waals surface area contributed by atoms with Crippen LogP contribution in [-0.2, 0) is 4.79 Å². The Hall–Kier alpha value is -1.54. The van der Waals surface area contributed by atoms with Crippen LogP contribution in [0.4, 0.5) is 5.69 Å². The van der Waals surface area contributed by atoms with Crippen LogP contribution in [0.1, 0.15) is 5.56 Å². The molecule has 0 bridgehead atoms. The van der Waals surface area contributed by atoms with Crippen LogP contribution >= 0.6 is 15.9 Å². The van der Waals surface area contributed by atoms with Gasteiger partial charge < -0.3 is 10.0 Å². The van der Waals surface area contributed by atoms with E-state index in [0.717, 1.165) is 0 Å². The molecule has 78 valence electrons. The van der Waals surface area contributed by atoms with Crippen molar-refractivity contribution in [3.63, 3.8) is 0 Å². The Morgan fingerprint density at radius 2 is 2.33 bits per heavy atom. The maximum atomic E-state index is 10.5. The van der Waals surface area contributed by atoms with Crippen molar-refractivity contribution in [2.24, 2.45) is 0 Å². The zero-order valence-corrected chi connectivity index (χ0v) is 9.65. The molecular weight excluding hydrogens is 260 g/mol. The third kappa shape index (κ3) is 2.70. The van der Waals surface area contributed by atoms with Gasteiger partial charge in [0.15, 0.2) is 0 Å². The second kappa shape index (κ2) is 4.80. The zero-order chi connectivity index (χ0) is 11.4. The van der Waals surface area contributed by atoms with Crippen molar-refractivity contribution in [3.8, 4) is 6.07 Å². The molecule has 0 amide bonds. The van der Waals surface area contributed by atoms with Gasteiger partial charge >= 0.3 is 5.97 Å². The number of carboxylic acids is 1. The van der Waals surface area contributed by atoms with Crippen molar-refractivity contribution in [2.75, 3.05) is 18.5 Å². The number of carboxylic acid groups (broad SMARTS) is 1. The van der Waals surface area contributed by atoms with E-state index >= 15 is 0 Å². The number of likely N-dealkylation sites (N-methyl/N-ethyl adjacent to an activating group) is 1. The number of anilines is 1.